The van der Waals surface area contributed by atoms with Gasteiger partial charge >= 0.3 is 0 Å². The summed E-state index contributed by atoms with van der Waals surface area (Å²) in [4.78, 5) is 4.86. The fourth-order valence-electron chi connectivity index (χ4n) is 8.84. The Labute approximate surface area is 352 Å². The van der Waals surface area contributed by atoms with Crippen LogP contribution in [0.15, 0.2) is 176 Å². The van der Waals surface area contributed by atoms with Crippen LogP contribution < -0.4 is 15.4 Å². The van der Waals surface area contributed by atoms with Gasteiger partial charge in [0.2, 0.25) is 0 Å². The third-order valence-electron chi connectivity index (χ3n) is 11.8. The summed E-state index contributed by atoms with van der Waals surface area (Å²) in [5.74, 6) is 2.39. The van der Waals surface area contributed by atoms with Gasteiger partial charge in [-0.3, -0.25) is 4.57 Å². The SMILES string of the molecule is CC(C)(C)c1ccnc(-n2c3ccccc3c3ccc(Oc4cccc(Nc5ccccc5Nc5c(-c6ccccc6)cc6c(c5-c5ccccc5)CCCC6)c4)cc32)c1. The van der Waals surface area contributed by atoms with Gasteiger partial charge in [0.25, 0.3) is 0 Å². The maximum atomic E-state index is 6.65. The summed E-state index contributed by atoms with van der Waals surface area (Å²) in [6.45, 7) is 6.71. The molecular formula is C55H48N4O. The van der Waals surface area contributed by atoms with Crippen LogP contribution >= 0.6 is 0 Å². The van der Waals surface area contributed by atoms with Gasteiger partial charge in [-0.1, -0.05) is 118 Å². The Morgan fingerprint density at radius 3 is 2.05 bits per heavy atom. The van der Waals surface area contributed by atoms with Crippen molar-refractivity contribution in [2.75, 3.05) is 10.6 Å². The highest BCUT2D eigenvalue weighted by Gasteiger charge is 2.24. The Morgan fingerprint density at radius 1 is 0.567 bits per heavy atom. The van der Waals surface area contributed by atoms with Crippen LogP contribution in [0.5, 0.6) is 11.5 Å². The molecule has 9 aromatic rings. The zero-order valence-electron chi connectivity index (χ0n) is 34.4. The van der Waals surface area contributed by atoms with E-state index in [-0.39, 0.29) is 5.41 Å². The maximum Gasteiger partial charge on any atom is 0.137 e. The third-order valence-corrected chi connectivity index (χ3v) is 11.8. The monoisotopic (exact) mass is 780 g/mol. The van der Waals surface area contributed by atoms with Gasteiger partial charge in [0, 0.05) is 45.9 Å². The van der Waals surface area contributed by atoms with Crippen molar-refractivity contribution in [1.82, 2.24) is 9.55 Å². The zero-order chi connectivity index (χ0) is 40.6. The van der Waals surface area contributed by atoms with Crippen LogP contribution in [-0.4, -0.2) is 9.55 Å². The highest BCUT2D eigenvalue weighted by molar-refractivity contribution is 6.09. The fraction of sp³-hybridized carbons (Fsp3) is 0.145. The second-order valence-corrected chi connectivity index (χ2v) is 16.9. The number of anilines is 4. The van der Waals surface area contributed by atoms with Gasteiger partial charge in [0.05, 0.1) is 28.1 Å². The average molecular weight is 781 g/mol. The van der Waals surface area contributed by atoms with Crippen molar-refractivity contribution in [3.8, 4) is 39.6 Å². The van der Waals surface area contributed by atoms with Crippen LogP contribution in [-0.2, 0) is 18.3 Å². The minimum atomic E-state index is -0.00240. The molecule has 0 bridgehead atoms. The number of hydrogen-bond donors (Lipinski definition) is 2. The number of ether oxygens (including phenoxy) is 1. The molecule has 294 valence electrons. The lowest BCUT2D eigenvalue weighted by atomic mass is 9.81. The topological polar surface area (TPSA) is 51.1 Å². The number of benzene rings is 7. The predicted octanol–water partition coefficient (Wildman–Crippen LogP) is 15.0. The molecule has 0 aliphatic heterocycles. The van der Waals surface area contributed by atoms with E-state index in [2.05, 4.69) is 194 Å². The van der Waals surface area contributed by atoms with Crippen molar-refractivity contribution in [3.05, 3.63) is 193 Å². The van der Waals surface area contributed by atoms with E-state index in [4.69, 9.17) is 9.72 Å². The second kappa shape index (κ2) is 15.6. The normalized spacial score (nSPS) is 12.7. The molecule has 2 N–H and O–H groups in total. The number of aryl methyl sites for hydroxylation is 1. The molecule has 60 heavy (non-hydrogen) atoms. The van der Waals surface area contributed by atoms with Crippen LogP contribution in [0, 0.1) is 0 Å². The van der Waals surface area contributed by atoms with Crippen molar-refractivity contribution in [2.45, 2.75) is 51.9 Å². The number of fused-ring (bicyclic) bond motifs is 4. The molecule has 0 saturated carbocycles. The van der Waals surface area contributed by atoms with Gasteiger partial charge < -0.3 is 15.4 Å². The summed E-state index contributed by atoms with van der Waals surface area (Å²) in [7, 11) is 0. The summed E-state index contributed by atoms with van der Waals surface area (Å²) in [6, 6.07) is 60.0. The van der Waals surface area contributed by atoms with Gasteiger partial charge in [-0.2, -0.15) is 0 Å². The smallest absolute Gasteiger partial charge is 0.137 e. The summed E-state index contributed by atoms with van der Waals surface area (Å²) in [5.41, 5.74) is 15.3. The molecule has 2 heterocycles. The van der Waals surface area contributed by atoms with Crippen LogP contribution in [0.4, 0.5) is 22.7 Å². The molecule has 0 radical (unpaired) electrons. The highest BCUT2D eigenvalue weighted by atomic mass is 16.5. The summed E-state index contributed by atoms with van der Waals surface area (Å²) >= 11 is 0. The van der Waals surface area contributed by atoms with E-state index in [1.54, 1.807) is 0 Å². The molecule has 1 aliphatic rings. The van der Waals surface area contributed by atoms with Gasteiger partial charge in [-0.25, -0.2) is 4.98 Å². The van der Waals surface area contributed by atoms with E-state index < -0.39 is 0 Å². The first kappa shape index (κ1) is 37.2. The van der Waals surface area contributed by atoms with Gasteiger partial charge in [-0.05, 0) is 120 Å². The summed E-state index contributed by atoms with van der Waals surface area (Å²) in [6.07, 6.45) is 6.52. The molecular weight excluding hydrogens is 733 g/mol. The lowest BCUT2D eigenvalue weighted by Gasteiger charge is -2.27. The largest absolute Gasteiger partial charge is 0.457 e. The predicted molar refractivity (Wildman–Crippen MR) is 251 cm³/mol. The Balaban J connectivity index is 0.995. The number of pyridine rings is 1. The molecule has 0 fully saturated rings. The third kappa shape index (κ3) is 7.17. The molecule has 0 amide bonds. The van der Waals surface area contributed by atoms with E-state index in [1.165, 1.54) is 57.2 Å². The Morgan fingerprint density at radius 2 is 1.25 bits per heavy atom. The standard InChI is InChI=1S/C55H48N4O/c1-55(2,3)40-31-32-56-52(34-40)59-50-28-15-12-25-45(50)46-30-29-43(36-51(46)59)60-42-23-16-22-41(35-42)57-48-26-13-14-27-49(48)58-54-47(37-17-6-4-7-18-37)33-39-21-10-11-24-44(39)53(54)38-19-8-5-9-20-38/h4-9,12-20,22-23,25-36,57-58H,10-11,21,24H2,1-3H3. The van der Waals surface area contributed by atoms with Crippen LogP contribution in [0.25, 0.3) is 49.9 Å². The summed E-state index contributed by atoms with van der Waals surface area (Å²) < 4.78 is 8.90. The quantitative estimate of drug-likeness (QED) is 0.153. The molecule has 5 nitrogen and oxygen atoms in total. The molecule has 10 rings (SSSR count). The van der Waals surface area contributed by atoms with E-state index in [1.807, 2.05) is 18.3 Å². The van der Waals surface area contributed by atoms with Crippen molar-refractivity contribution < 1.29 is 4.74 Å². The molecule has 0 unspecified atom stereocenters. The van der Waals surface area contributed by atoms with Crippen molar-refractivity contribution in [1.29, 1.82) is 0 Å². The van der Waals surface area contributed by atoms with Crippen LogP contribution in [0.3, 0.4) is 0 Å². The number of rotatable bonds is 9. The molecule has 7 aromatic carbocycles. The average Bonchev–Trinajstić information content (AvgIpc) is 3.61. The van der Waals surface area contributed by atoms with Crippen molar-refractivity contribution in [2.24, 2.45) is 0 Å². The first-order valence-electron chi connectivity index (χ1n) is 21.1. The minimum absolute atomic E-state index is 0.00240. The number of hydrogen-bond acceptors (Lipinski definition) is 4. The Kier molecular flexibility index (Phi) is 9.65. The lowest BCUT2D eigenvalue weighted by Crippen LogP contribution is -2.12. The molecule has 0 spiro atoms. The van der Waals surface area contributed by atoms with E-state index in [0.717, 1.165) is 69.3 Å². The van der Waals surface area contributed by atoms with Crippen LogP contribution in [0.1, 0.15) is 50.3 Å². The Hall–Kier alpha value is -7.11. The van der Waals surface area contributed by atoms with Crippen LogP contribution in [0.2, 0.25) is 0 Å². The molecule has 2 aromatic heterocycles. The lowest BCUT2D eigenvalue weighted by molar-refractivity contribution is 0.483. The molecule has 1 aliphatic carbocycles. The Bertz CT molecular complexity index is 3000. The molecule has 0 saturated heterocycles. The zero-order valence-corrected chi connectivity index (χ0v) is 34.4. The maximum absolute atomic E-state index is 6.65. The van der Waals surface area contributed by atoms with Crippen molar-refractivity contribution in [3.63, 3.8) is 0 Å². The van der Waals surface area contributed by atoms with Crippen molar-refractivity contribution >= 4 is 44.6 Å². The highest BCUT2D eigenvalue weighted by Crippen LogP contribution is 2.46. The molecule has 0 atom stereocenters. The number of aromatic nitrogens is 2. The van der Waals surface area contributed by atoms with Gasteiger partial charge in [0.15, 0.2) is 0 Å². The van der Waals surface area contributed by atoms with E-state index >= 15 is 0 Å². The summed E-state index contributed by atoms with van der Waals surface area (Å²) in [5, 5.41) is 10.1. The second-order valence-electron chi connectivity index (χ2n) is 16.9. The van der Waals surface area contributed by atoms with E-state index in [0.29, 0.717) is 0 Å². The molecule has 5 heteroatoms. The first-order valence-corrected chi connectivity index (χ1v) is 21.1. The fourth-order valence-corrected chi connectivity index (χ4v) is 8.84. The van der Waals surface area contributed by atoms with E-state index in [9.17, 15) is 0 Å². The first-order chi connectivity index (χ1) is 29.4. The van der Waals surface area contributed by atoms with Gasteiger partial charge in [-0.15, -0.1) is 0 Å². The number of nitrogens with one attached hydrogen (secondary N) is 2. The minimum Gasteiger partial charge on any atom is -0.457 e. The van der Waals surface area contributed by atoms with Gasteiger partial charge in [0.1, 0.15) is 17.3 Å². The number of para-hydroxylation sites is 3. The number of nitrogens with zero attached hydrogens (tertiary/aromatic N) is 2.